The van der Waals surface area contributed by atoms with Crippen molar-refractivity contribution in [2.45, 2.75) is 19.6 Å². The van der Waals surface area contributed by atoms with Crippen LogP contribution in [0.15, 0.2) is 29.3 Å². The van der Waals surface area contributed by atoms with E-state index in [1.807, 2.05) is 0 Å². The minimum absolute atomic E-state index is 0.0285. The highest BCUT2D eigenvalue weighted by molar-refractivity contribution is 5.40. The van der Waals surface area contributed by atoms with Crippen LogP contribution in [0.4, 0.5) is 5.69 Å². The molecule has 0 amide bonds. The predicted molar refractivity (Wildman–Crippen MR) is 77.0 cm³/mol. The number of hydrogen-bond donors (Lipinski definition) is 2. The van der Waals surface area contributed by atoms with E-state index in [0.717, 1.165) is 11.4 Å². The number of nitrogens with one attached hydrogen (secondary N) is 1. The van der Waals surface area contributed by atoms with Crippen molar-refractivity contribution in [3.8, 4) is 0 Å². The molecule has 114 valence electrons. The molecule has 2 N–H and O–H groups in total. The van der Waals surface area contributed by atoms with Gasteiger partial charge in [-0.25, -0.2) is 4.68 Å². The molecule has 2 rings (SSSR count). The molecule has 0 fully saturated rings. The van der Waals surface area contributed by atoms with E-state index in [9.17, 15) is 4.79 Å². The second-order valence-electron chi connectivity index (χ2n) is 4.49. The Balaban J connectivity index is 1.97. The van der Waals surface area contributed by atoms with Gasteiger partial charge < -0.3 is 19.7 Å². The summed E-state index contributed by atoms with van der Waals surface area (Å²) in [5, 5.41) is 19.9. The van der Waals surface area contributed by atoms with E-state index in [2.05, 4.69) is 15.6 Å². The van der Waals surface area contributed by atoms with Gasteiger partial charge in [0.25, 0.3) is 5.56 Å². The van der Waals surface area contributed by atoms with Gasteiger partial charge in [0.1, 0.15) is 5.69 Å². The molecular formula is C13H19N5O3. The van der Waals surface area contributed by atoms with Crippen LogP contribution in [0.25, 0.3) is 0 Å². The molecule has 8 nitrogen and oxygen atoms in total. The van der Waals surface area contributed by atoms with Crippen LogP contribution in [0, 0.1) is 0 Å². The largest absolute Gasteiger partial charge is 0.394 e. The molecule has 0 unspecified atom stereocenters. The fraction of sp³-hybridized carbons (Fsp3) is 0.462. The second-order valence-corrected chi connectivity index (χ2v) is 4.49. The van der Waals surface area contributed by atoms with Crippen molar-refractivity contribution < 1.29 is 9.84 Å². The zero-order valence-electron chi connectivity index (χ0n) is 11.9. The van der Waals surface area contributed by atoms with Crippen LogP contribution in [0.5, 0.6) is 0 Å². The summed E-state index contributed by atoms with van der Waals surface area (Å²) in [4.78, 5) is 11.7. The van der Waals surface area contributed by atoms with Crippen LogP contribution in [-0.4, -0.2) is 45.0 Å². The average Bonchev–Trinajstić information content (AvgIpc) is 2.93. The van der Waals surface area contributed by atoms with Gasteiger partial charge in [0, 0.05) is 25.9 Å². The van der Waals surface area contributed by atoms with Crippen molar-refractivity contribution >= 4 is 5.69 Å². The van der Waals surface area contributed by atoms with Crippen LogP contribution in [0.2, 0.25) is 0 Å². The highest BCUT2D eigenvalue weighted by Gasteiger charge is 2.02. The number of rotatable bonds is 8. The summed E-state index contributed by atoms with van der Waals surface area (Å²) in [6.45, 7) is 1.94. The molecule has 8 heteroatoms. The van der Waals surface area contributed by atoms with Crippen molar-refractivity contribution in [3.05, 3.63) is 40.6 Å². The third-order valence-corrected chi connectivity index (χ3v) is 2.91. The molecule has 0 saturated carbocycles. The third-order valence-electron chi connectivity index (χ3n) is 2.91. The monoisotopic (exact) mass is 293 g/mol. The highest BCUT2D eigenvalue weighted by Crippen LogP contribution is 2.05. The lowest BCUT2D eigenvalue weighted by Crippen LogP contribution is -2.21. The lowest BCUT2D eigenvalue weighted by molar-refractivity contribution is 0.186. The zero-order valence-corrected chi connectivity index (χ0v) is 11.9. The molecule has 0 aliphatic rings. The van der Waals surface area contributed by atoms with E-state index in [1.165, 1.54) is 6.07 Å². The van der Waals surface area contributed by atoms with Gasteiger partial charge in [-0.15, -0.1) is 5.10 Å². The summed E-state index contributed by atoms with van der Waals surface area (Å²) >= 11 is 0. The van der Waals surface area contributed by atoms with Gasteiger partial charge in [0.05, 0.1) is 38.2 Å². The Kier molecular flexibility index (Phi) is 5.47. The Hall–Kier alpha value is -2.19. The molecule has 2 aromatic rings. The lowest BCUT2D eigenvalue weighted by Gasteiger charge is -2.08. The molecule has 0 aromatic carbocycles. The van der Waals surface area contributed by atoms with Crippen LogP contribution < -0.4 is 10.9 Å². The fourth-order valence-electron chi connectivity index (χ4n) is 1.82. The molecule has 2 aromatic heterocycles. The number of ether oxygens (including phenoxy) is 1. The zero-order chi connectivity index (χ0) is 15.1. The summed E-state index contributed by atoms with van der Waals surface area (Å²) < 4.78 is 8.15. The maximum Gasteiger partial charge on any atom is 0.250 e. The van der Waals surface area contributed by atoms with Crippen molar-refractivity contribution in [2.75, 3.05) is 25.6 Å². The first kappa shape index (κ1) is 15.2. The molecule has 0 aliphatic carbocycles. The van der Waals surface area contributed by atoms with E-state index in [4.69, 9.17) is 9.84 Å². The lowest BCUT2D eigenvalue weighted by atomic mass is 10.3. The van der Waals surface area contributed by atoms with Gasteiger partial charge in [-0.2, -0.15) is 0 Å². The number of aliphatic hydroxyl groups is 1. The number of methoxy groups -OCH3 is 1. The van der Waals surface area contributed by atoms with E-state index in [1.54, 1.807) is 34.8 Å². The van der Waals surface area contributed by atoms with E-state index < -0.39 is 0 Å². The van der Waals surface area contributed by atoms with Crippen LogP contribution in [0.1, 0.15) is 5.69 Å². The summed E-state index contributed by atoms with van der Waals surface area (Å²) in [6.07, 6.45) is 3.52. The average molecular weight is 293 g/mol. The third kappa shape index (κ3) is 4.40. The molecule has 0 atom stereocenters. The Labute approximate surface area is 122 Å². The number of anilines is 1. The molecule has 0 bridgehead atoms. The van der Waals surface area contributed by atoms with E-state index >= 15 is 0 Å². The Morgan fingerprint density at radius 2 is 2.19 bits per heavy atom. The van der Waals surface area contributed by atoms with Crippen LogP contribution in [-0.2, 0) is 24.4 Å². The molecule has 2 heterocycles. The quantitative estimate of drug-likeness (QED) is 0.693. The molecule has 21 heavy (non-hydrogen) atoms. The number of aliphatic hydroxyl groups excluding tert-OH is 1. The topological polar surface area (TPSA) is 94.2 Å². The number of aromatic nitrogens is 4. The normalized spacial score (nSPS) is 10.8. The summed E-state index contributed by atoms with van der Waals surface area (Å²) in [6, 6.07) is 3.24. The first-order valence-electron chi connectivity index (χ1n) is 6.66. The first-order valence-corrected chi connectivity index (χ1v) is 6.66. The highest BCUT2D eigenvalue weighted by atomic mass is 16.5. The minimum atomic E-state index is -0.0634. The molecule has 0 aliphatic heterocycles. The van der Waals surface area contributed by atoms with Crippen LogP contribution in [0.3, 0.4) is 0 Å². The number of pyridine rings is 1. The number of hydrogen-bond acceptors (Lipinski definition) is 6. The smallest absolute Gasteiger partial charge is 0.250 e. The Morgan fingerprint density at radius 1 is 1.33 bits per heavy atom. The molecule has 0 radical (unpaired) electrons. The first-order chi connectivity index (χ1) is 10.2. The maximum absolute atomic E-state index is 11.7. The summed E-state index contributed by atoms with van der Waals surface area (Å²) in [5.41, 5.74) is 1.52. The Morgan fingerprint density at radius 3 is 2.95 bits per heavy atom. The summed E-state index contributed by atoms with van der Waals surface area (Å²) in [5.74, 6) is 0. The van der Waals surface area contributed by atoms with Crippen molar-refractivity contribution in [2.24, 2.45) is 0 Å². The van der Waals surface area contributed by atoms with Gasteiger partial charge in [-0.1, -0.05) is 5.21 Å². The second kappa shape index (κ2) is 7.55. The van der Waals surface area contributed by atoms with Gasteiger partial charge in [0.15, 0.2) is 0 Å². The van der Waals surface area contributed by atoms with Gasteiger partial charge in [-0.3, -0.25) is 4.79 Å². The standard InChI is InChI=1S/C13H19N5O3/c1-21-7-5-17-9-11(2-3-13(17)20)14-8-12-10-18(4-6-19)16-15-12/h2-3,9-10,14,19H,4-8H2,1H3. The maximum atomic E-state index is 11.7. The van der Waals surface area contributed by atoms with Gasteiger partial charge >= 0.3 is 0 Å². The van der Waals surface area contributed by atoms with Crippen LogP contribution >= 0.6 is 0 Å². The molecule has 0 saturated heterocycles. The van der Waals surface area contributed by atoms with Crippen molar-refractivity contribution in [3.63, 3.8) is 0 Å². The van der Waals surface area contributed by atoms with Gasteiger partial charge in [0.2, 0.25) is 0 Å². The Bertz CT molecular complexity index is 622. The fourth-order valence-corrected chi connectivity index (χ4v) is 1.82. The summed E-state index contributed by atoms with van der Waals surface area (Å²) in [7, 11) is 1.60. The SMILES string of the molecule is COCCn1cc(NCc2cn(CCO)nn2)ccc1=O. The predicted octanol–water partition coefficient (Wildman–Crippen LogP) is -0.309. The van der Waals surface area contributed by atoms with E-state index in [-0.39, 0.29) is 12.2 Å². The van der Waals surface area contributed by atoms with E-state index in [0.29, 0.717) is 26.2 Å². The molecular weight excluding hydrogens is 274 g/mol. The number of nitrogens with zero attached hydrogens (tertiary/aromatic N) is 4. The van der Waals surface area contributed by atoms with Gasteiger partial charge in [-0.05, 0) is 6.07 Å². The van der Waals surface area contributed by atoms with Crippen molar-refractivity contribution in [1.29, 1.82) is 0 Å². The van der Waals surface area contributed by atoms with Crippen molar-refractivity contribution in [1.82, 2.24) is 19.6 Å². The molecule has 0 spiro atoms. The minimum Gasteiger partial charge on any atom is -0.394 e.